The third-order valence-corrected chi connectivity index (χ3v) is 3.07. The Morgan fingerprint density at radius 2 is 2.16 bits per heavy atom. The van der Waals surface area contributed by atoms with Crippen molar-refractivity contribution in [3.8, 4) is 11.5 Å². The highest BCUT2D eigenvalue weighted by atomic mass is 35.5. The molecule has 1 aromatic heterocycles. The zero-order valence-corrected chi connectivity index (χ0v) is 11.0. The molecule has 0 amide bonds. The van der Waals surface area contributed by atoms with Crippen LogP contribution in [-0.2, 0) is 6.42 Å². The summed E-state index contributed by atoms with van der Waals surface area (Å²) >= 11 is 5.50. The van der Waals surface area contributed by atoms with Gasteiger partial charge in [-0.05, 0) is 17.5 Å². The number of benzene rings is 1. The number of ether oxygens (including phenoxy) is 1. The summed E-state index contributed by atoms with van der Waals surface area (Å²) in [7, 11) is 1.46. The van der Waals surface area contributed by atoms with Gasteiger partial charge >= 0.3 is 5.63 Å². The lowest BCUT2D eigenvalue weighted by Gasteiger charge is -2.08. The van der Waals surface area contributed by atoms with Gasteiger partial charge in [-0.25, -0.2) is 4.79 Å². The number of halogens is 1. The van der Waals surface area contributed by atoms with Crippen LogP contribution in [0.3, 0.4) is 0 Å². The third-order valence-electron chi connectivity index (χ3n) is 2.72. The molecule has 1 atom stereocenters. The highest BCUT2D eigenvalue weighted by Gasteiger charge is 2.13. The van der Waals surface area contributed by atoms with Crippen molar-refractivity contribution in [2.45, 2.75) is 12.5 Å². The van der Waals surface area contributed by atoms with Crippen LogP contribution in [-0.4, -0.2) is 29.3 Å². The van der Waals surface area contributed by atoms with Crippen molar-refractivity contribution in [2.75, 3.05) is 13.0 Å². The second kappa shape index (κ2) is 5.50. The molecule has 2 rings (SSSR count). The van der Waals surface area contributed by atoms with Crippen LogP contribution in [0.5, 0.6) is 11.5 Å². The average molecular weight is 285 g/mol. The molecule has 0 aliphatic rings. The van der Waals surface area contributed by atoms with E-state index in [0.29, 0.717) is 16.9 Å². The Labute approximate surface area is 114 Å². The first-order chi connectivity index (χ1) is 9.05. The Balaban J connectivity index is 2.58. The molecule has 1 heterocycles. The van der Waals surface area contributed by atoms with Crippen LogP contribution >= 0.6 is 11.6 Å². The van der Waals surface area contributed by atoms with Gasteiger partial charge in [0, 0.05) is 18.4 Å². The molecule has 0 radical (unpaired) electrons. The van der Waals surface area contributed by atoms with E-state index in [0.717, 1.165) is 0 Å². The summed E-state index contributed by atoms with van der Waals surface area (Å²) in [6.45, 7) is 0. The molecule has 5 nitrogen and oxygen atoms in total. The van der Waals surface area contributed by atoms with Gasteiger partial charge in [0.25, 0.3) is 0 Å². The van der Waals surface area contributed by atoms with Crippen LogP contribution in [0.15, 0.2) is 27.4 Å². The SMILES string of the molecule is COc1cc(O)c2c(=O)oc(C[C@@H](O)CCl)cc2c1. The lowest BCUT2D eigenvalue weighted by molar-refractivity contribution is 0.189. The van der Waals surface area contributed by atoms with Gasteiger partial charge in [-0.15, -0.1) is 11.6 Å². The predicted octanol–water partition coefficient (Wildman–Crippen LogP) is 1.65. The van der Waals surface area contributed by atoms with E-state index in [1.807, 2.05) is 0 Å². The van der Waals surface area contributed by atoms with Crippen molar-refractivity contribution in [3.05, 3.63) is 34.4 Å². The quantitative estimate of drug-likeness (QED) is 0.835. The van der Waals surface area contributed by atoms with Gasteiger partial charge in [-0.2, -0.15) is 0 Å². The molecule has 1 aromatic carbocycles. The minimum atomic E-state index is -0.790. The molecule has 0 spiro atoms. The van der Waals surface area contributed by atoms with Crippen molar-refractivity contribution in [3.63, 3.8) is 0 Å². The van der Waals surface area contributed by atoms with Crippen LogP contribution in [0.1, 0.15) is 5.76 Å². The van der Waals surface area contributed by atoms with Crippen molar-refractivity contribution in [1.82, 2.24) is 0 Å². The van der Waals surface area contributed by atoms with E-state index in [9.17, 15) is 15.0 Å². The summed E-state index contributed by atoms with van der Waals surface area (Å²) in [5.74, 6) is 0.579. The lowest BCUT2D eigenvalue weighted by atomic mass is 10.1. The number of hydrogen-bond donors (Lipinski definition) is 2. The summed E-state index contributed by atoms with van der Waals surface area (Å²) in [6, 6.07) is 4.53. The van der Waals surface area contributed by atoms with Gasteiger partial charge in [-0.1, -0.05) is 0 Å². The number of alkyl halides is 1. The summed E-state index contributed by atoms with van der Waals surface area (Å²) in [6.07, 6.45) is -0.659. The molecule has 102 valence electrons. The fourth-order valence-corrected chi connectivity index (χ4v) is 1.95. The maximum absolute atomic E-state index is 11.8. The molecular weight excluding hydrogens is 272 g/mol. The smallest absolute Gasteiger partial charge is 0.347 e. The van der Waals surface area contributed by atoms with E-state index in [-0.39, 0.29) is 23.4 Å². The number of methoxy groups -OCH3 is 1. The molecule has 0 bridgehead atoms. The van der Waals surface area contributed by atoms with E-state index in [4.69, 9.17) is 20.8 Å². The molecule has 2 N–H and O–H groups in total. The third kappa shape index (κ3) is 2.83. The van der Waals surface area contributed by atoms with E-state index in [1.54, 1.807) is 12.1 Å². The zero-order valence-electron chi connectivity index (χ0n) is 10.2. The van der Waals surface area contributed by atoms with Gasteiger partial charge in [0.2, 0.25) is 0 Å². The summed E-state index contributed by atoms with van der Waals surface area (Å²) in [5.41, 5.74) is -0.658. The Kier molecular flexibility index (Phi) is 3.97. The van der Waals surface area contributed by atoms with Crippen LogP contribution in [0.4, 0.5) is 0 Å². The molecule has 2 aromatic rings. The number of fused-ring (bicyclic) bond motifs is 1. The zero-order chi connectivity index (χ0) is 14.0. The van der Waals surface area contributed by atoms with Crippen molar-refractivity contribution in [1.29, 1.82) is 0 Å². The maximum Gasteiger partial charge on any atom is 0.347 e. The summed E-state index contributed by atoms with van der Waals surface area (Å²) < 4.78 is 10.1. The molecule has 0 fully saturated rings. The second-order valence-electron chi connectivity index (χ2n) is 4.12. The summed E-state index contributed by atoms with van der Waals surface area (Å²) in [5, 5.41) is 19.8. The van der Waals surface area contributed by atoms with Crippen LogP contribution in [0.25, 0.3) is 10.8 Å². The first-order valence-electron chi connectivity index (χ1n) is 5.63. The Bertz CT molecular complexity index is 649. The number of hydrogen-bond acceptors (Lipinski definition) is 5. The number of phenols is 1. The Morgan fingerprint density at radius 1 is 1.42 bits per heavy atom. The Morgan fingerprint density at radius 3 is 2.79 bits per heavy atom. The largest absolute Gasteiger partial charge is 0.507 e. The van der Waals surface area contributed by atoms with Gasteiger partial charge in [-0.3, -0.25) is 0 Å². The predicted molar refractivity (Wildman–Crippen MR) is 71.1 cm³/mol. The van der Waals surface area contributed by atoms with E-state index in [1.165, 1.54) is 13.2 Å². The fraction of sp³-hybridized carbons (Fsp3) is 0.308. The molecule has 0 saturated heterocycles. The van der Waals surface area contributed by atoms with Gasteiger partial charge in [0.1, 0.15) is 22.6 Å². The van der Waals surface area contributed by atoms with E-state index >= 15 is 0 Å². The molecule has 0 unspecified atom stereocenters. The monoisotopic (exact) mass is 284 g/mol. The first-order valence-corrected chi connectivity index (χ1v) is 6.16. The highest BCUT2D eigenvalue weighted by molar-refractivity contribution is 6.18. The summed E-state index contributed by atoms with van der Waals surface area (Å²) in [4.78, 5) is 11.8. The molecule has 0 saturated carbocycles. The number of aliphatic hydroxyl groups excluding tert-OH is 1. The maximum atomic E-state index is 11.8. The first kappa shape index (κ1) is 13.7. The standard InChI is InChI=1S/C13H13ClO5/c1-18-9-2-7-3-10(4-8(15)6-14)19-13(17)12(7)11(16)5-9/h2-3,5,8,15-16H,4,6H2,1H3/t8-/m1/s1. The molecule has 19 heavy (non-hydrogen) atoms. The second-order valence-corrected chi connectivity index (χ2v) is 4.43. The van der Waals surface area contributed by atoms with Crippen LogP contribution in [0.2, 0.25) is 0 Å². The molecule has 0 aliphatic heterocycles. The minimum absolute atomic E-state index is 0.0467. The van der Waals surface area contributed by atoms with Gasteiger partial charge in [0.15, 0.2) is 0 Å². The number of aromatic hydroxyl groups is 1. The van der Waals surface area contributed by atoms with Crippen molar-refractivity contribution in [2.24, 2.45) is 0 Å². The number of phenolic OH excluding ortho intramolecular Hbond substituents is 1. The fourth-order valence-electron chi connectivity index (χ4n) is 1.84. The van der Waals surface area contributed by atoms with Crippen LogP contribution in [0, 0.1) is 0 Å². The van der Waals surface area contributed by atoms with E-state index < -0.39 is 11.7 Å². The normalized spacial score (nSPS) is 12.6. The van der Waals surface area contributed by atoms with Crippen molar-refractivity contribution >= 4 is 22.4 Å². The number of rotatable bonds is 4. The number of aliphatic hydroxyl groups is 1. The highest BCUT2D eigenvalue weighted by Crippen LogP contribution is 2.28. The topological polar surface area (TPSA) is 79.9 Å². The molecule has 0 aliphatic carbocycles. The lowest BCUT2D eigenvalue weighted by Crippen LogP contribution is -2.13. The van der Waals surface area contributed by atoms with Gasteiger partial charge in [0.05, 0.1) is 13.2 Å². The molecule has 6 heteroatoms. The van der Waals surface area contributed by atoms with Crippen LogP contribution < -0.4 is 10.4 Å². The van der Waals surface area contributed by atoms with Crippen molar-refractivity contribution < 1.29 is 19.4 Å². The van der Waals surface area contributed by atoms with E-state index in [2.05, 4.69) is 0 Å². The molecular formula is C13H13ClO5. The Hall–Kier alpha value is -1.72. The minimum Gasteiger partial charge on any atom is -0.507 e. The van der Waals surface area contributed by atoms with Gasteiger partial charge < -0.3 is 19.4 Å². The average Bonchev–Trinajstić information content (AvgIpc) is 2.37.